The van der Waals surface area contributed by atoms with Crippen molar-refractivity contribution in [1.29, 1.82) is 0 Å². The van der Waals surface area contributed by atoms with Crippen LogP contribution < -0.4 is 4.90 Å². The second-order valence-corrected chi connectivity index (χ2v) is 7.61. The van der Waals surface area contributed by atoms with Crippen LogP contribution in [0.15, 0.2) is 18.2 Å². The van der Waals surface area contributed by atoms with Gasteiger partial charge in [0.1, 0.15) is 5.69 Å². The first kappa shape index (κ1) is 21.9. The molecule has 0 amide bonds. The standard InChI is InChI=1S/C20H32N2O4/c1-7-26-20(23)10-16(6)17-8-9-18(19(11-17)22(24)25)21(12-14(2)3)13-15(4)5/h8-9,11,14-16H,7,10,12-13H2,1-6H3/t16-/m1/s1. The van der Waals surface area contributed by atoms with Gasteiger partial charge in [-0.15, -0.1) is 0 Å². The molecule has 0 aliphatic carbocycles. The molecular weight excluding hydrogens is 332 g/mol. The van der Waals surface area contributed by atoms with E-state index in [0.29, 0.717) is 24.1 Å². The van der Waals surface area contributed by atoms with Gasteiger partial charge in [0, 0.05) is 19.2 Å². The van der Waals surface area contributed by atoms with E-state index in [0.717, 1.165) is 18.7 Å². The minimum atomic E-state index is -0.330. The number of benzene rings is 1. The highest BCUT2D eigenvalue weighted by molar-refractivity contribution is 5.71. The molecule has 0 N–H and O–H groups in total. The molecule has 1 aromatic carbocycles. The van der Waals surface area contributed by atoms with E-state index < -0.39 is 0 Å². The third-order valence-corrected chi connectivity index (χ3v) is 4.06. The first-order valence-electron chi connectivity index (χ1n) is 9.34. The van der Waals surface area contributed by atoms with Crippen molar-refractivity contribution < 1.29 is 14.5 Å². The van der Waals surface area contributed by atoms with Crippen LogP contribution >= 0.6 is 0 Å². The van der Waals surface area contributed by atoms with Crippen molar-refractivity contribution in [2.75, 3.05) is 24.6 Å². The molecule has 0 unspecified atom stereocenters. The summed E-state index contributed by atoms with van der Waals surface area (Å²) >= 11 is 0. The molecule has 146 valence electrons. The number of nitro benzene ring substituents is 1. The quantitative estimate of drug-likeness (QED) is 0.340. The van der Waals surface area contributed by atoms with Gasteiger partial charge < -0.3 is 9.64 Å². The Labute approximate surface area is 156 Å². The average molecular weight is 364 g/mol. The lowest BCUT2D eigenvalue weighted by atomic mass is 9.96. The van der Waals surface area contributed by atoms with Crippen LogP contribution in [-0.4, -0.2) is 30.6 Å². The third kappa shape index (κ3) is 6.65. The Kier molecular flexibility index (Phi) is 8.55. The zero-order valence-corrected chi connectivity index (χ0v) is 16.8. The molecule has 6 nitrogen and oxygen atoms in total. The van der Waals surface area contributed by atoms with Gasteiger partial charge in [-0.1, -0.05) is 40.7 Å². The van der Waals surface area contributed by atoms with E-state index in [4.69, 9.17) is 4.74 Å². The van der Waals surface area contributed by atoms with Crippen LogP contribution in [0.5, 0.6) is 0 Å². The molecule has 1 rings (SSSR count). The van der Waals surface area contributed by atoms with Gasteiger partial charge in [0.2, 0.25) is 0 Å². The second-order valence-electron chi connectivity index (χ2n) is 7.61. The number of esters is 1. The fourth-order valence-corrected chi connectivity index (χ4v) is 3.00. The van der Waals surface area contributed by atoms with Crippen molar-refractivity contribution >= 4 is 17.3 Å². The number of hydrogen-bond acceptors (Lipinski definition) is 5. The lowest BCUT2D eigenvalue weighted by Gasteiger charge is -2.28. The van der Waals surface area contributed by atoms with Gasteiger partial charge in [-0.25, -0.2) is 0 Å². The number of carbonyl (C=O) groups excluding carboxylic acids is 1. The predicted octanol–water partition coefficient (Wildman–Crippen LogP) is 4.77. The van der Waals surface area contributed by atoms with Gasteiger partial charge in [-0.3, -0.25) is 14.9 Å². The normalized spacial score (nSPS) is 12.3. The molecular formula is C20H32N2O4. The fraction of sp³-hybridized carbons (Fsp3) is 0.650. The van der Waals surface area contributed by atoms with E-state index in [1.807, 2.05) is 19.1 Å². The summed E-state index contributed by atoms with van der Waals surface area (Å²) < 4.78 is 4.98. The van der Waals surface area contributed by atoms with E-state index in [1.165, 1.54) is 0 Å². The lowest BCUT2D eigenvalue weighted by Crippen LogP contribution is -2.31. The van der Waals surface area contributed by atoms with Crippen LogP contribution in [-0.2, 0) is 9.53 Å². The Morgan fingerprint density at radius 3 is 2.19 bits per heavy atom. The number of ether oxygens (including phenoxy) is 1. The number of nitro groups is 1. The summed E-state index contributed by atoms with van der Waals surface area (Å²) in [5.41, 5.74) is 1.52. The Balaban J connectivity index is 3.17. The molecule has 0 radical (unpaired) electrons. The summed E-state index contributed by atoms with van der Waals surface area (Å²) in [4.78, 5) is 25.1. The van der Waals surface area contributed by atoms with Gasteiger partial charge in [0.25, 0.3) is 5.69 Å². The zero-order valence-electron chi connectivity index (χ0n) is 16.8. The number of anilines is 1. The first-order valence-corrected chi connectivity index (χ1v) is 9.34. The topological polar surface area (TPSA) is 72.7 Å². The van der Waals surface area contributed by atoms with Crippen LogP contribution in [0, 0.1) is 22.0 Å². The Morgan fingerprint density at radius 2 is 1.73 bits per heavy atom. The number of carbonyl (C=O) groups is 1. The molecule has 0 heterocycles. The molecule has 1 aromatic rings. The highest BCUT2D eigenvalue weighted by atomic mass is 16.6. The van der Waals surface area contributed by atoms with Crippen LogP contribution in [0.1, 0.15) is 59.4 Å². The molecule has 26 heavy (non-hydrogen) atoms. The molecule has 1 atom stereocenters. The molecule has 6 heteroatoms. The van der Waals surface area contributed by atoms with E-state index in [9.17, 15) is 14.9 Å². The smallest absolute Gasteiger partial charge is 0.306 e. The monoisotopic (exact) mass is 364 g/mol. The van der Waals surface area contributed by atoms with Crippen molar-refractivity contribution in [3.63, 3.8) is 0 Å². The highest BCUT2D eigenvalue weighted by Crippen LogP contribution is 2.33. The molecule has 0 spiro atoms. The van der Waals surface area contributed by atoms with Gasteiger partial charge in [0.05, 0.1) is 18.0 Å². The van der Waals surface area contributed by atoms with Crippen LogP contribution in [0.4, 0.5) is 11.4 Å². The van der Waals surface area contributed by atoms with Crippen molar-refractivity contribution in [1.82, 2.24) is 0 Å². The molecule has 0 saturated carbocycles. The van der Waals surface area contributed by atoms with Crippen molar-refractivity contribution in [2.24, 2.45) is 11.8 Å². The maximum Gasteiger partial charge on any atom is 0.306 e. The molecule has 0 fully saturated rings. The van der Waals surface area contributed by atoms with E-state index in [2.05, 4.69) is 32.6 Å². The number of rotatable bonds is 10. The second kappa shape index (κ2) is 10.1. The average Bonchev–Trinajstić information content (AvgIpc) is 2.52. The minimum Gasteiger partial charge on any atom is -0.466 e. The maximum atomic E-state index is 11.7. The summed E-state index contributed by atoms with van der Waals surface area (Å²) in [6, 6.07) is 5.31. The minimum absolute atomic E-state index is 0.0968. The number of nitrogens with zero attached hydrogens (tertiary/aromatic N) is 2. The van der Waals surface area contributed by atoms with Crippen LogP contribution in [0.2, 0.25) is 0 Å². The van der Waals surface area contributed by atoms with Crippen molar-refractivity contribution in [3.05, 3.63) is 33.9 Å². The maximum absolute atomic E-state index is 11.7. The Bertz CT molecular complexity index is 604. The number of hydrogen-bond donors (Lipinski definition) is 0. The predicted molar refractivity (Wildman–Crippen MR) is 105 cm³/mol. The van der Waals surface area contributed by atoms with Gasteiger partial charge in [-0.05, 0) is 36.3 Å². The largest absolute Gasteiger partial charge is 0.466 e. The summed E-state index contributed by atoms with van der Waals surface area (Å²) in [6.45, 7) is 13.9. The molecule has 0 saturated heterocycles. The summed E-state index contributed by atoms with van der Waals surface area (Å²) in [5.74, 6) is 0.380. The van der Waals surface area contributed by atoms with Gasteiger partial charge in [-0.2, -0.15) is 0 Å². The summed E-state index contributed by atoms with van der Waals surface area (Å²) in [5, 5.41) is 11.7. The lowest BCUT2D eigenvalue weighted by molar-refractivity contribution is -0.384. The van der Waals surface area contributed by atoms with E-state index in [-0.39, 0.29) is 28.9 Å². The fourth-order valence-electron chi connectivity index (χ4n) is 3.00. The van der Waals surface area contributed by atoms with E-state index >= 15 is 0 Å². The summed E-state index contributed by atoms with van der Waals surface area (Å²) in [7, 11) is 0. The molecule has 0 aliphatic heterocycles. The molecule has 0 aliphatic rings. The summed E-state index contributed by atoms with van der Waals surface area (Å²) in [6.07, 6.45) is 0.214. The van der Waals surface area contributed by atoms with E-state index in [1.54, 1.807) is 13.0 Å². The molecule has 0 aromatic heterocycles. The Morgan fingerprint density at radius 1 is 1.15 bits per heavy atom. The van der Waals surface area contributed by atoms with Crippen molar-refractivity contribution in [3.8, 4) is 0 Å². The van der Waals surface area contributed by atoms with Crippen LogP contribution in [0.3, 0.4) is 0 Å². The van der Waals surface area contributed by atoms with Gasteiger partial charge in [0.15, 0.2) is 0 Å². The zero-order chi connectivity index (χ0) is 19.9. The SMILES string of the molecule is CCOC(=O)C[C@@H](C)c1ccc(N(CC(C)C)CC(C)C)c([N+](=O)[O-])c1. The van der Waals surface area contributed by atoms with Gasteiger partial charge >= 0.3 is 5.97 Å². The molecule has 0 bridgehead atoms. The highest BCUT2D eigenvalue weighted by Gasteiger charge is 2.23. The Hall–Kier alpha value is -2.11. The third-order valence-electron chi connectivity index (χ3n) is 4.06. The van der Waals surface area contributed by atoms with Crippen LogP contribution in [0.25, 0.3) is 0 Å². The van der Waals surface area contributed by atoms with Crippen molar-refractivity contribution in [2.45, 2.75) is 53.9 Å². The first-order chi connectivity index (χ1) is 12.1.